The van der Waals surface area contributed by atoms with Gasteiger partial charge in [0.15, 0.2) is 23.0 Å². The van der Waals surface area contributed by atoms with Crippen molar-refractivity contribution in [3.63, 3.8) is 0 Å². The Morgan fingerprint density at radius 3 is 1.56 bits per heavy atom. The highest BCUT2D eigenvalue weighted by Gasteiger charge is 2.03. The van der Waals surface area contributed by atoms with E-state index in [1.165, 1.54) is 18.2 Å². The summed E-state index contributed by atoms with van der Waals surface area (Å²) in [7, 11) is 0. The minimum atomic E-state index is -0.0764. The highest BCUT2D eigenvalue weighted by molar-refractivity contribution is 5.47. The van der Waals surface area contributed by atoms with Crippen molar-refractivity contribution in [1.82, 2.24) is 0 Å². The van der Waals surface area contributed by atoms with Crippen LogP contribution in [-0.4, -0.2) is 20.4 Å². The Labute approximate surface area is 105 Å². The monoisotopic (exact) mass is 248 g/mol. The lowest BCUT2D eigenvalue weighted by Crippen LogP contribution is -1.80. The molecule has 4 heteroatoms. The average molecular weight is 248 g/mol. The number of phenols is 4. The first-order valence-corrected chi connectivity index (χ1v) is 5.38. The van der Waals surface area contributed by atoms with E-state index >= 15 is 0 Å². The van der Waals surface area contributed by atoms with Gasteiger partial charge >= 0.3 is 0 Å². The third-order valence-corrected chi connectivity index (χ3v) is 2.56. The van der Waals surface area contributed by atoms with Crippen molar-refractivity contribution in [3.05, 3.63) is 47.5 Å². The number of aryl methyl sites for hydroxylation is 1. The largest absolute Gasteiger partial charge is 0.504 e. The van der Waals surface area contributed by atoms with E-state index in [9.17, 15) is 0 Å². The Morgan fingerprint density at radius 2 is 1.17 bits per heavy atom. The molecule has 0 saturated carbocycles. The van der Waals surface area contributed by atoms with Crippen molar-refractivity contribution in [2.75, 3.05) is 0 Å². The molecule has 2 rings (SSSR count). The van der Waals surface area contributed by atoms with Crippen LogP contribution in [0.2, 0.25) is 0 Å². The summed E-state index contributed by atoms with van der Waals surface area (Å²) in [6.07, 6.45) is 0. The third-order valence-electron chi connectivity index (χ3n) is 2.56. The predicted molar refractivity (Wildman–Crippen MR) is 69.0 cm³/mol. The number of aromatic hydroxyl groups is 4. The highest BCUT2D eigenvalue weighted by Crippen LogP contribution is 2.29. The molecule has 2 aromatic rings. The van der Waals surface area contributed by atoms with Gasteiger partial charge in [-0.1, -0.05) is 18.2 Å². The standard InChI is InChI=1S/C8H10O2.C6H6O2/c1-5-3-4-7(9)8(10)6(5)2;7-5-3-1-2-4-6(5)8/h3-4,9-10H,1-2H3;1-4,7-8H. The van der Waals surface area contributed by atoms with Crippen LogP contribution in [0.15, 0.2) is 36.4 Å². The SMILES string of the molecule is Cc1ccc(O)c(O)c1C.Oc1ccccc1O. The Morgan fingerprint density at radius 1 is 0.667 bits per heavy atom. The van der Waals surface area contributed by atoms with Crippen LogP contribution in [0.25, 0.3) is 0 Å². The van der Waals surface area contributed by atoms with E-state index in [1.807, 2.05) is 6.92 Å². The van der Waals surface area contributed by atoms with E-state index in [0.717, 1.165) is 11.1 Å². The van der Waals surface area contributed by atoms with Crippen LogP contribution < -0.4 is 0 Å². The van der Waals surface area contributed by atoms with Gasteiger partial charge in [-0.2, -0.15) is 0 Å². The first-order chi connectivity index (χ1) is 8.43. The van der Waals surface area contributed by atoms with Gasteiger partial charge < -0.3 is 20.4 Å². The second-order valence-electron chi connectivity index (χ2n) is 3.86. The van der Waals surface area contributed by atoms with Crippen molar-refractivity contribution >= 4 is 0 Å². The number of benzene rings is 2. The van der Waals surface area contributed by atoms with Crippen LogP contribution in [-0.2, 0) is 0 Å². The fraction of sp³-hybridized carbons (Fsp3) is 0.143. The molecule has 4 nitrogen and oxygen atoms in total. The van der Waals surface area contributed by atoms with Crippen molar-refractivity contribution in [3.8, 4) is 23.0 Å². The average Bonchev–Trinajstić information content (AvgIpc) is 2.36. The van der Waals surface area contributed by atoms with Gasteiger partial charge in [0.1, 0.15) is 0 Å². The molecule has 4 N–H and O–H groups in total. The second-order valence-corrected chi connectivity index (χ2v) is 3.86. The fourth-order valence-corrected chi connectivity index (χ4v) is 1.25. The smallest absolute Gasteiger partial charge is 0.160 e. The van der Waals surface area contributed by atoms with Gasteiger partial charge in [-0.25, -0.2) is 0 Å². The lowest BCUT2D eigenvalue weighted by Gasteiger charge is -2.03. The molecule has 0 aliphatic rings. The molecule has 0 aromatic heterocycles. The third kappa shape index (κ3) is 3.31. The van der Waals surface area contributed by atoms with Crippen LogP contribution >= 0.6 is 0 Å². The van der Waals surface area contributed by atoms with E-state index in [4.69, 9.17) is 20.4 Å². The molecule has 0 amide bonds. The zero-order chi connectivity index (χ0) is 13.7. The van der Waals surface area contributed by atoms with Crippen molar-refractivity contribution in [1.29, 1.82) is 0 Å². The summed E-state index contributed by atoms with van der Waals surface area (Å²) in [6, 6.07) is 9.40. The van der Waals surface area contributed by atoms with Crippen LogP contribution in [0.3, 0.4) is 0 Å². The summed E-state index contributed by atoms with van der Waals surface area (Å²) in [6.45, 7) is 3.65. The maximum Gasteiger partial charge on any atom is 0.160 e. The quantitative estimate of drug-likeness (QED) is 0.540. The van der Waals surface area contributed by atoms with Gasteiger partial charge in [0, 0.05) is 0 Å². The van der Waals surface area contributed by atoms with Crippen LogP contribution in [0.5, 0.6) is 23.0 Å². The maximum atomic E-state index is 9.14. The zero-order valence-corrected chi connectivity index (χ0v) is 10.3. The molecular formula is C14H16O4. The molecule has 0 aliphatic heterocycles. The number of hydrogen-bond donors (Lipinski definition) is 4. The molecule has 0 aliphatic carbocycles. The van der Waals surface area contributed by atoms with Crippen molar-refractivity contribution < 1.29 is 20.4 Å². The summed E-state index contributed by atoms with van der Waals surface area (Å²) in [5, 5.41) is 35.5. The molecule has 0 heterocycles. The fourth-order valence-electron chi connectivity index (χ4n) is 1.25. The molecule has 2 aromatic carbocycles. The lowest BCUT2D eigenvalue weighted by molar-refractivity contribution is 0.400. The second kappa shape index (κ2) is 5.82. The van der Waals surface area contributed by atoms with E-state index in [0.29, 0.717) is 0 Å². The molecule has 96 valence electrons. The Hall–Kier alpha value is -2.36. The summed E-state index contributed by atoms with van der Waals surface area (Å²) >= 11 is 0. The van der Waals surface area contributed by atoms with Gasteiger partial charge in [-0.15, -0.1) is 0 Å². The molecule has 0 bridgehead atoms. The maximum absolute atomic E-state index is 9.14. The van der Waals surface area contributed by atoms with Crippen molar-refractivity contribution in [2.45, 2.75) is 13.8 Å². The van der Waals surface area contributed by atoms with Crippen molar-refractivity contribution in [2.24, 2.45) is 0 Å². The molecule has 0 saturated heterocycles. The van der Waals surface area contributed by atoms with Gasteiger partial charge in [0.05, 0.1) is 0 Å². The van der Waals surface area contributed by atoms with Crippen LogP contribution in [0.4, 0.5) is 0 Å². The van der Waals surface area contributed by atoms with Gasteiger partial charge in [-0.3, -0.25) is 0 Å². The number of phenolic OH excluding ortho intramolecular Hbond substituents is 4. The number of rotatable bonds is 0. The molecule has 0 spiro atoms. The minimum Gasteiger partial charge on any atom is -0.504 e. The topological polar surface area (TPSA) is 80.9 Å². The van der Waals surface area contributed by atoms with E-state index in [-0.39, 0.29) is 23.0 Å². The Kier molecular flexibility index (Phi) is 4.43. The normalized spacial score (nSPS) is 9.44. The molecule has 0 atom stereocenters. The van der Waals surface area contributed by atoms with Crippen LogP contribution in [0.1, 0.15) is 11.1 Å². The zero-order valence-electron chi connectivity index (χ0n) is 10.3. The summed E-state index contributed by atoms with van der Waals surface area (Å²) in [5.41, 5.74) is 1.72. The predicted octanol–water partition coefficient (Wildman–Crippen LogP) is 2.81. The summed E-state index contributed by atoms with van der Waals surface area (Å²) < 4.78 is 0. The first-order valence-electron chi connectivity index (χ1n) is 5.38. The van der Waals surface area contributed by atoms with E-state index < -0.39 is 0 Å². The van der Waals surface area contributed by atoms with E-state index in [2.05, 4.69) is 0 Å². The first kappa shape index (κ1) is 13.7. The molecule has 18 heavy (non-hydrogen) atoms. The molecule has 0 fully saturated rings. The van der Waals surface area contributed by atoms with Gasteiger partial charge in [-0.05, 0) is 43.2 Å². The minimum absolute atomic E-state index is 0.0139. The molecular weight excluding hydrogens is 232 g/mol. The number of hydrogen-bond acceptors (Lipinski definition) is 4. The Bertz CT molecular complexity index is 487. The van der Waals surface area contributed by atoms with Crippen LogP contribution in [0, 0.1) is 13.8 Å². The van der Waals surface area contributed by atoms with Gasteiger partial charge in [0.25, 0.3) is 0 Å². The summed E-state index contributed by atoms with van der Waals surface area (Å²) in [5.74, 6) is -0.219. The van der Waals surface area contributed by atoms with E-state index in [1.54, 1.807) is 25.1 Å². The van der Waals surface area contributed by atoms with Gasteiger partial charge in [0.2, 0.25) is 0 Å². The number of para-hydroxylation sites is 2. The highest BCUT2D eigenvalue weighted by atomic mass is 16.3. The summed E-state index contributed by atoms with van der Waals surface area (Å²) in [4.78, 5) is 0. The lowest BCUT2D eigenvalue weighted by atomic mass is 10.1. The molecule has 0 radical (unpaired) electrons. The molecule has 0 unspecified atom stereocenters. The Balaban J connectivity index is 0.000000184.